The molecule has 1 aromatic carbocycles. The van der Waals surface area contributed by atoms with E-state index in [1.54, 1.807) is 31.0 Å². The molecule has 0 fully saturated rings. The lowest BCUT2D eigenvalue weighted by molar-refractivity contribution is 0.185. The Kier molecular flexibility index (Phi) is 7.50. The van der Waals surface area contributed by atoms with Gasteiger partial charge in [0.25, 0.3) is 0 Å². The zero-order valence-corrected chi connectivity index (χ0v) is 19.0. The molecule has 2 heterocycles. The molecule has 30 heavy (non-hydrogen) atoms. The van der Waals surface area contributed by atoms with E-state index in [0.717, 1.165) is 33.5 Å². The summed E-state index contributed by atoms with van der Waals surface area (Å²) < 4.78 is 21.0. The number of imidazole rings is 1. The van der Waals surface area contributed by atoms with Crippen LogP contribution >= 0.6 is 11.8 Å². The molecule has 0 radical (unpaired) electrons. The third kappa shape index (κ3) is 5.02. The Bertz CT molecular complexity index is 972. The highest BCUT2D eigenvalue weighted by Gasteiger charge is 2.20. The van der Waals surface area contributed by atoms with Crippen LogP contribution in [0, 0.1) is 11.7 Å². The smallest absolute Gasteiger partial charge is 0.168 e. The van der Waals surface area contributed by atoms with Gasteiger partial charge in [-0.3, -0.25) is 0 Å². The first-order valence-electron chi connectivity index (χ1n) is 10.1. The largest absolute Gasteiger partial charge is 0.383 e. The fourth-order valence-electron chi connectivity index (χ4n) is 3.14. The standard InChI is InChI=1S/C23H29FN4OS/c1-15(2)16(3)26-20-14-18(10-11-25-20)22-21(17-6-8-19(24)9-7-17)27-23(30-5)28(22)12-13-29-4/h6-11,14-16H,12-13H2,1-5H3,(H,25,26). The Morgan fingerprint density at radius 1 is 1.13 bits per heavy atom. The summed E-state index contributed by atoms with van der Waals surface area (Å²) in [5, 5.41) is 4.37. The second-order valence-corrected chi connectivity index (χ2v) is 8.33. The second-order valence-electron chi connectivity index (χ2n) is 7.55. The van der Waals surface area contributed by atoms with Crippen molar-refractivity contribution in [3.8, 4) is 22.5 Å². The summed E-state index contributed by atoms with van der Waals surface area (Å²) in [6, 6.07) is 10.8. The first-order valence-corrected chi connectivity index (χ1v) is 11.3. The van der Waals surface area contributed by atoms with E-state index in [9.17, 15) is 4.39 Å². The summed E-state index contributed by atoms with van der Waals surface area (Å²) in [6.07, 6.45) is 3.82. The summed E-state index contributed by atoms with van der Waals surface area (Å²) in [5.41, 5.74) is 3.68. The summed E-state index contributed by atoms with van der Waals surface area (Å²) in [4.78, 5) is 9.38. The molecule has 3 rings (SSSR count). The van der Waals surface area contributed by atoms with Crippen molar-refractivity contribution in [1.29, 1.82) is 0 Å². The average Bonchev–Trinajstić information content (AvgIpc) is 3.11. The highest BCUT2D eigenvalue weighted by atomic mass is 32.2. The Balaban J connectivity index is 2.13. The molecule has 160 valence electrons. The van der Waals surface area contributed by atoms with Crippen molar-refractivity contribution in [2.24, 2.45) is 5.92 Å². The number of aromatic nitrogens is 3. The predicted molar refractivity (Wildman–Crippen MR) is 122 cm³/mol. The van der Waals surface area contributed by atoms with E-state index in [2.05, 4.69) is 41.7 Å². The molecule has 5 nitrogen and oxygen atoms in total. The molecule has 1 unspecified atom stereocenters. The number of methoxy groups -OCH3 is 1. The molecular weight excluding hydrogens is 399 g/mol. The van der Waals surface area contributed by atoms with Gasteiger partial charge in [0.15, 0.2) is 5.16 Å². The third-order valence-electron chi connectivity index (χ3n) is 5.16. The topological polar surface area (TPSA) is 52.0 Å². The number of nitrogens with zero attached hydrogens (tertiary/aromatic N) is 3. The van der Waals surface area contributed by atoms with E-state index in [-0.39, 0.29) is 5.82 Å². The number of thioether (sulfide) groups is 1. The van der Waals surface area contributed by atoms with E-state index in [1.165, 1.54) is 12.1 Å². The minimum Gasteiger partial charge on any atom is -0.383 e. The van der Waals surface area contributed by atoms with Crippen LogP contribution in [-0.4, -0.2) is 40.5 Å². The van der Waals surface area contributed by atoms with Gasteiger partial charge in [0, 0.05) is 37.0 Å². The summed E-state index contributed by atoms with van der Waals surface area (Å²) in [5.74, 6) is 1.05. The number of nitrogens with one attached hydrogen (secondary N) is 1. The van der Waals surface area contributed by atoms with Crippen LogP contribution in [-0.2, 0) is 11.3 Å². The molecule has 0 aliphatic rings. The van der Waals surface area contributed by atoms with Crippen molar-refractivity contribution in [3.63, 3.8) is 0 Å². The predicted octanol–water partition coefficient (Wildman–Crippen LogP) is 5.58. The molecule has 1 atom stereocenters. The van der Waals surface area contributed by atoms with Gasteiger partial charge >= 0.3 is 0 Å². The van der Waals surface area contributed by atoms with Crippen LogP contribution in [0.15, 0.2) is 47.8 Å². The van der Waals surface area contributed by atoms with Crippen LogP contribution in [0.1, 0.15) is 20.8 Å². The van der Waals surface area contributed by atoms with Gasteiger partial charge < -0.3 is 14.6 Å². The van der Waals surface area contributed by atoms with Crippen molar-refractivity contribution < 1.29 is 9.13 Å². The van der Waals surface area contributed by atoms with Crippen LogP contribution in [0.5, 0.6) is 0 Å². The van der Waals surface area contributed by atoms with Crippen LogP contribution in [0.25, 0.3) is 22.5 Å². The lowest BCUT2D eigenvalue weighted by atomic mass is 10.0. The summed E-state index contributed by atoms with van der Waals surface area (Å²) in [6.45, 7) is 7.75. The minimum absolute atomic E-state index is 0.262. The molecule has 0 spiro atoms. The number of ether oxygens (including phenoxy) is 1. The highest BCUT2D eigenvalue weighted by molar-refractivity contribution is 7.98. The first-order chi connectivity index (χ1) is 14.4. The van der Waals surface area contributed by atoms with Crippen molar-refractivity contribution in [2.75, 3.05) is 25.3 Å². The SMILES string of the molecule is COCCn1c(SC)nc(-c2ccc(F)cc2)c1-c1ccnc(NC(C)C(C)C)c1. The van der Waals surface area contributed by atoms with E-state index in [4.69, 9.17) is 9.72 Å². The number of rotatable bonds is 9. The van der Waals surface area contributed by atoms with Gasteiger partial charge in [-0.15, -0.1) is 0 Å². The first kappa shape index (κ1) is 22.3. The van der Waals surface area contributed by atoms with Crippen molar-refractivity contribution in [1.82, 2.24) is 14.5 Å². The maximum atomic E-state index is 13.5. The molecule has 3 aromatic rings. The third-order valence-corrected chi connectivity index (χ3v) is 5.84. The molecule has 2 aromatic heterocycles. The molecule has 7 heteroatoms. The van der Waals surface area contributed by atoms with Gasteiger partial charge in [-0.05, 0) is 55.5 Å². The van der Waals surface area contributed by atoms with E-state index >= 15 is 0 Å². The number of halogens is 1. The summed E-state index contributed by atoms with van der Waals surface area (Å²) >= 11 is 1.58. The number of hydrogen-bond donors (Lipinski definition) is 1. The zero-order valence-electron chi connectivity index (χ0n) is 18.1. The normalized spacial score (nSPS) is 12.4. The summed E-state index contributed by atoms with van der Waals surface area (Å²) in [7, 11) is 1.69. The van der Waals surface area contributed by atoms with Gasteiger partial charge in [0.05, 0.1) is 18.0 Å². The van der Waals surface area contributed by atoms with Gasteiger partial charge in [-0.25, -0.2) is 14.4 Å². The van der Waals surface area contributed by atoms with Crippen molar-refractivity contribution in [2.45, 2.75) is 38.5 Å². The second kappa shape index (κ2) is 10.1. The number of hydrogen-bond acceptors (Lipinski definition) is 5. The van der Waals surface area contributed by atoms with Gasteiger partial charge in [0.1, 0.15) is 11.6 Å². The number of anilines is 1. The number of benzene rings is 1. The van der Waals surface area contributed by atoms with Crippen LogP contribution in [0.3, 0.4) is 0 Å². The fourth-order valence-corrected chi connectivity index (χ4v) is 3.72. The minimum atomic E-state index is -0.262. The zero-order chi connectivity index (χ0) is 21.7. The molecule has 0 amide bonds. The van der Waals surface area contributed by atoms with Gasteiger partial charge in [-0.1, -0.05) is 25.6 Å². The number of pyridine rings is 1. The monoisotopic (exact) mass is 428 g/mol. The maximum absolute atomic E-state index is 13.5. The van der Waals surface area contributed by atoms with Crippen LogP contribution in [0.4, 0.5) is 10.2 Å². The lowest BCUT2D eigenvalue weighted by Crippen LogP contribution is -2.22. The van der Waals surface area contributed by atoms with Gasteiger partial charge in [-0.2, -0.15) is 0 Å². The Hall–Kier alpha value is -2.38. The molecule has 0 saturated carbocycles. The Labute approximate surface area is 182 Å². The van der Waals surface area contributed by atoms with Crippen molar-refractivity contribution >= 4 is 17.6 Å². The highest BCUT2D eigenvalue weighted by Crippen LogP contribution is 2.36. The Morgan fingerprint density at radius 3 is 2.50 bits per heavy atom. The van der Waals surface area contributed by atoms with Crippen molar-refractivity contribution in [3.05, 3.63) is 48.4 Å². The molecule has 0 aliphatic heterocycles. The Morgan fingerprint density at radius 2 is 1.87 bits per heavy atom. The quantitative estimate of drug-likeness (QED) is 0.451. The average molecular weight is 429 g/mol. The molecule has 1 N–H and O–H groups in total. The van der Waals surface area contributed by atoms with E-state index in [0.29, 0.717) is 25.1 Å². The van der Waals surface area contributed by atoms with E-state index < -0.39 is 0 Å². The van der Waals surface area contributed by atoms with Crippen LogP contribution < -0.4 is 5.32 Å². The molecular formula is C23H29FN4OS. The molecule has 0 aliphatic carbocycles. The van der Waals surface area contributed by atoms with Crippen LogP contribution in [0.2, 0.25) is 0 Å². The molecule has 0 saturated heterocycles. The fraction of sp³-hybridized carbons (Fsp3) is 0.391. The molecule has 0 bridgehead atoms. The van der Waals surface area contributed by atoms with Gasteiger partial charge in [0.2, 0.25) is 0 Å². The lowest BCUT2D eigenvalue weighted by Gasteiger charge is -2.19. The van der Waals surface area contributed by atoms with E-state index in [1.807, 2.05) is 18.5 Å². The maximum Gasteiger partial charge on any atom is 0.168 e.